The van der Waals surface area contributed by atoms with Crippen molar-refractivity contribution in [2.45, 2.75) is 20.8 Å². The third-order valence-corrected chi connectivity index (χ3v) is 5.40. The van der Waals surface area contributed by atoms with Gasteiger partial charge in [0.15, 0.2) is 11.5 Å². The Morgan fingerprint density at radius 2 is 1.09 bits per heavy atom. The third-order valence-electron chi connectivity index (χ3n) is 5.40. The number of phenolic OH excluding ortho intramolecular Hbond substituents is 3. The molecule has 0 aliphatic rings. The van der Waals surface area contributed by atoms with Gasteiger partial charge < -0.3 is 25.0 Å². The number of aromatic hydroxyl groups is 3. The Morgan fingerprint density at radius 3 is 1.62 bits per heavy atom. The summed E-state index contributed by atoms with van der Waals surface area (Å²) in [6.07, 6.45) is 0. The number of benzene rings is 4. The second kappa shape index (κ2) is 8.55. The Kier molecular flexibility index (Phi) is 5.65. The molecule has 162 valence electrons. The van der Waals surface area contributed by atoms with Gasteiger partial charge in [0.1, 0.15) is 17.2 Å². The SMILES string of the molecule is Cc1cccc(Oc2ccc(N(c3c(C)cccc3O)c3c(C)cccc3O)cc2)c1O. The fraction of sp³-hybridized carbons (Fsp3) is 0.111. The minimum atomic E-state index is 0.105. The molecule has 4 aromatic rings. The first kappa shape index (κ1) is 21.1. The van der Waals surface area contributed by atoms with E-state index in [1.807, 2.05) is 62.1 Å². The van der Waals surface area contributed by atoms with E-state index in [9.17, 15) is 15.3 Å². The fourth-order valence-corrected chi connectivity index (χ4v) is 3.74. The van der Waals surface area contributed by atoms with Crippen molar-refractivity contribution in [3.05, 3.63) is 95.6 Å². The summed E-state index contributed by atoms with van der Waals surface area (Å²) in [5.41, 5.74) is 4.36. The zero-order valence-corrected chi connectivity index (χ0v) is 18.2. The van der Waals surface area contributed by atoms with E-state index in [4.69, 9.17) is 4.74 Å². The summed E-state index contributed by atoms with van der Waals surface area (Å²) in [5, 5.41) is 31.6. The van der Waals surface area contributed by atoms with Crippen molar-refractivity contribution < 1.29 is 20.1 Å². The number of hydrogen-bond acceptors (Lipinski definition) is 5. The molecule has 0 bridgehead atoms. The van der Waals surface area contributed by atoms with Crippen LogP contribution in [0.1, 0.15) is 16.7 Å². The summed E-state index contributed by atoms with van der Waals surface area (Å²) in [6.45, 7) is 5.64. The molecule has 5 heteroatoms. The van der Waals surface area contributed by atoms with E-state index in [1.165, 1.54) is 0 Å². The molecule has 32 heavy (non-hydrogen) atoms. The van der Waals surface area contributed by atoms with Gasteiger partial charge in [-0.15, -0.1) is 0 Å². The van der Waals surface area contributed by atoms with Crippen molar-refractivity contribution in [1.82, 2.24) is 0 Å². The summed E-state index contributed by atoms with van der Waals surface area (Å²) in [5.74, 6) is 1.25. The smallest absolute Gasteiger partial charge is 0.169 e. The van der Waals surface area contributed by atoms with Crippen molar-refractivity contribution in [3.8, 4) is 28.7 Å². The molecule has 0 aliphatic carbocycles. The quantitative estimate of drug-likeness (QED) is 0.320. The highest BCUT2D eigenvalue weighted by molar-refractivity contribution is 5.86. The molecule has 5 nitrogen and oxygen atoms in total. The average molecular weight is 428 g/mol. The molecule has 0 aromatic heterocycles. The lowest BCUT2D eigenvalue weighted by atomic mass is 10.1. The number of nitrogens with zero attached hydrogens (tertiary/aromatic N) is 1. The predicted octanol–water partition coefficient (Wildman–Crippen LogP) is 6.99. The Hall–Kier alpha value is -4.12. The largest absolute Gasteiger partial charge is 0.506 e. The zero-order valence-electron chi connectivity index (χ0n) is 18.2. The molecule has 0 saturated heterocycles. The summed E-state index contributed by atoms with van der Waals surface area (Å²) >= 11 is 0. The molecular formula is C27H25NO4. The van der Waals surface area contributed by atoms with E-state index in [2.05, 4.69) is 0 Å². The van der Waals surface area contributed by atoms with E-state index >= 15 is 0 Å². The lowest BCUT2D eigenvalue weighted by Gasteiger charge is -2.29. The van der Waals surface area contributed by atoms with Gasteiger partial charge in [-0.25, -0.2) is 0 Å². The van der Waals surface area contributed by atoms with Crippen molar-refractivity contribution in [2.24, 2.45) is 0 Å². The molecule has 0 fully saturated rings. The first-order valence-electron chi connectivity index (χ1n) is 10.3. The van der Waals surface area contributed by atoms with Crippen LogP contribution >= 0.6 is 0 Å². The summed E-state index contributed by atoms with van der Waals surface area (Å²) < 4.78 is 5.86. The van der Waals surface area contributed by atoms with Gasteiger partial charge >= 0.3 is 0 Å². The van der Waals surface area contributed by atoms with Gasteiger partial charge in [0.05, 0.1) is 11.4 Å². The van der Waals surface area contributed by atoms with Crippen molar-refractivity contribution >= 4 is 17.1 Å². The third kappa shape index (κ3) is 3.93. The molecule has 0 aliphatic heterocycles. The fourth-order valence-electron chi connectivity index (χ4n) is 3.74. The number of para-hydroxylation sites is 3. The van der Waals surface area contributed by atoms with Crippen LogP contribution in [0.3, 0.4) is 0 Å². The number of ether oxygens (including phenoxy) is 1. The van der Waals surface area contributed by atoms with Gasteiger partial charge in [0, 0.05) is 5.69 Å². The van der Waals surface area contributed by atoms with Crippen LogP contribution in [-0.2, 0) is 0 Å². The first-order chi connectivity index (χ1) is 15.4. The van der Waals surface area contributed by atoms with E-state index in [1.54, 1.807) is 42.5 Å². The summed E-state index contributed by atoms with van der Waals surface area (Å²) in [7, 11) is 0. The number of hydrogen-bond donors (Lipinski definition) is 3. The summed E-state index contributed by atoms with van der Waals surface area (Å²) in [6, 6.07) is 23.3. The minimum Gasteiger partial charge on any atom is -0.506 e. The maximum Gasteiger partial charge on any atom is 0.169 e. The zero-order chi connectivity index (χ0) is 22.8. The van der Waals surface area contributed by atoms with Gasteiger partial charge in [-0.1, -0.05) is 36.4 Å². The molecule has 0 saturated carbocycles. The number of aryl methyl sites for hydroxylation is 3. The lowest BCUT2D eigenvalue weighted by Crippen LogP contribution is -2.13. The number of rotatable bonds is 5. The van der Waals surface area contributed by atoms with Crippen molar-refractivity contribution in [1.29, 1.82) is 0 Å². The van der Waals surface area contributed by atoms with Crippen molar-refractivity contribution in [3.63, 3.8) is 0 Å². The molecule has 4 rings (SSSR count). The van der Waals surface area contributed by atoms with Crippen LogP contribution in [0.4, 0.5) is 17.1 Å². The van der Waals surface area contributed by atoms with E-state index < -0.39 is 0 Å². The van der Waals surface area contributed by atoms with Gasteiger partial charge in [0.2, 0.25) is 0 Å². The Bertz CT molecular complexity index is 1170. The average Bonchev–Trinajstić information content (AvgIpc) is 2.76. The van der Waals surface area contributed by atoms with E-state index in [-0.39, 0.29) is 17.2 Å². The Labute approximate surface area is 187 Å². The molecular weight excluding hydrogens is 402 g/mol. The molecule has 0 radical (unpaired) electrons. The van der Waals surface area contributed by atoms with Crippen LogP contribution in [0.15, 0.2) is 78.9 Å². The second-order valence-electron chi connectivity index (χ2n) is 7.74. The van der Waals surface area contributed by atoms with E-state index in [0.29, 0.717) is 22.9 Å². The topological polar surface area (TPSA) is 73.2 Å². The Balaban J connectivity index is 1.80. The molecule has 0 unspecified atom stereocenters. The van der Waals surface area contributed by atoms with Gasteiger partial charge in [-0.2, -0.15) is 0 Å². The molecule has 0 heterocycles. The highest BCUT2D eigenvalue weighted by Gasteiger charge is 2.22. The van der Waals surface area contributed by atoms with Crippen LogP contribution in [-0.4, -0.2) is 15.3 Å². The molecule has 0 spiro atoms. The minimum absolute atomic E-state index is 0.105. The standard InChI is InChI=1S/C27H25NO4/c1-17-7-4-10-22(29)25(17)28(26-18(2)8-5-11-23(26)30)20-13-15-21(16-14-20)32-24-12-6-9-19(3)27(24)31/h4-16,29-31H,1-3H3. The Morgan fingerprint density at radius 1 is 0.594 bits per heavy atom. The molecule has 4 aromatic carbocycles. The summed E-state index contributed by atoms with van der Waals surface area (Å²) in [4.78, 5) is 1.84. The molecule has 3 N–H and O–H groups in total. The maximum absolute atomic E-state index is 10.7. The predicted molar refractivity (Wildman–Crippen MR) is 127 cm³/mol. The molecule has 0 amide bonds. The van der Waals surface area contributed by atoms with Crippen LogP contribution in [0.2, 0.25) is 0 Å². The van der Waals surface area contributed by atoms with Gasteiger partial charge in [0.25, 0.3) is 0 Å². The highest BCUT2D eigenvalue weighted by Crippen LogP contribution is 2.46. The number of anilines is 3. The lowest BCUT2D eigenvalue weighted by molar-refractivity contribution is 0.408. The van der Waals surface area contributed by atoms with Crippen LogP contribution < -0.4 is 9.64 Å². The molecule has 0 atom stereocenters. The normalized spacial score (nSPS) is 10.7. The van der Waals surface area contributed by atoms with Crippen LogP contribution in [0.25, 0.3) is 0 Å². The maximum atomic E-state index is 10.7. The van der Waals surface area contributed by atoms with Crippen LogP contribution in [0, 0.1) is 20.8 Å². The van der Waals surface area contributed by atoms with E-state index in [0.717, 1.165) is 22.4 Å². The number of phenols is 3. The first-order valence-corrected chi connectivity index (χ1v) is 10.3. The van der Waals surface area contributed by atoms with Crippen molar-refractivity contribution in [2.75, 3.05) is 4.90 Å². The highest BCUT2D eigenvalue weighted by atomic mass is 16.5. The van der Waals surface area contributed by atoms with Crippen LogP contribution in [0.5, 0.6) is 28.7 Å². The monoisotopic (exact) mass is 427 g/mol. The van der Waals surface area contributed by atoms with Gasteiger partial charge in [-0.3, -0.25) is 0 Å². The second-order valence-corrected chi connectivity index (χ2v) is 7.74. The van der Waals surface area contributed by atoms with Gasteiger partial charge in [-0.05, 0) is 79.9 Å².